The average molecular weight is 482 g/mol. The van der Waals surface area contributed by atoms with Gasteiger partial charge in [-0.25, -0.2) is 4.99 Å². The molecule has 0 spiro atoms. The number of anilines is 1. The lowest BCUT2D eigenvalue weighted by Crippen LogP contribution is -2.34. The van der Waals surface area contributed by atoms with Crippen LogP contribution in [-0.2, 0) is 14.3 Å². The van der Waals surface area contributed by atoms with Crippen LogP contribution in [0, 0.1) is 13.8 Å². The molecule has 2 aromatic carbocycles. The number of ketones is 1. The first-order valence-corrected chi connectivity index (χ1v) is 12.3. The molecule has 1 aliphatic heterocycles. The summed E-state index contributed by atoms with van der Waals surface area (Å²) in [5.74, 6) is -0.417. The Bertz CT molecular complexity index is 1080. The van der Waals surface area contributed by atoms with E-state index in [-0.39, 0.29) is 24.0 Å². The summed E-state index contributed by atoms with van der Waals surface area (Å²) in [7, 11) is 0. The van der Waals surface area contributed by atoms with Gasteiger partial charge in [-0.05, 0) is 81.6 Å². The number of nitrogens with one attached hydrogen (secondary N) is 1. The molecular weight excluding hydrogens is 450 g/mol. The van der Waals surface area contributed by atoms with E-state index in [2.05, 4.69) is 5.32 Å². The van der Waals surface area contributed by atoms with Crippen LogP contribution in [0.1, 0.15) is 48.2 Å². The Hall–Kier alpha value is -2.97. The van der Waals surface area contributed by atoms with E-state index in [1.807, 2.05) is 39.0 Å². The third kappa shape index (κ3) is 6.77. The minimum Gasteiger partial charge on any atom is -0.382 e. The number of carbonyl (C=O) groups is 3. The van der Waals surface area contributed by atoms with E-state index in [1.54, 1.807) is 29.2 Å². The molecule has 1 heterocycles. The fourth-order valence-electron chi connectivity index (χ4n) is 3.47. The summed E-state index contributed by atoms with van der Waals surface area (Å²) in [4.78, 5) is 43.7. The molecule has 7 nitrogen and oxygen atoms in total. The first-order chi connectivity index (χ1) is 16.3. The quantitative estimate of drug-likeness (QED) is 0.385. The van der Waals surface area contributed by atoms with Gasteiger partial charge in [-0.2, -0.15) is 0 Å². The predicted octanol–water partition coefficient (Wildman–Crippen LogP) is 4.89. The maximum Gasteiger partial charge on any atom is 0.242 e. The van der Waals surface area contributed by atoms with E-state index < -0.39 is 5.25 Å². The number of amidine groups is 1. The van der Waals surface area contributed by atoms with E-state index in [9.17, 15) is 14.4 Å². The highest BCUT2D eigenvalue weighted by Gasteiger charge is 2.38. The number of rotatable bonds is 10. The van der Waals surface area contributed by atoms with Gasteiger partial charge in [0.25, 0.3) is 0 Å². The first kappa shape index (κ1) is 25.6. The number of nitrogens with zero attached hydrogens (tertiary/aromatic N) is 2. The molecule has 0 bridgehead atoms. The minimum absolute atomic E-state index is 0.0336. The zero-order chi connectivity index (χ0) is 24.7. The molecule has 0 radical (unpaired) electrons. The Kier molecular flexibility index (Phi) is 9.01. The largest absolute Gasteiger partial charge is 0.382 e. The molecule has 1 aliphatic rings. The number of Topliss-reactive ketones (excluding diaryl/α,β-unsaturated/α-hetero) is 1. The van der Waals surface area contributed by atoms with Gasteiger partial charge >= 0.3 is 0 Å². The van der Waals surface area contributed by atoms with E-state index in [0.717, 1.165) is 11.3 Å². The van der Waals surface area contributed by atoms with E-state index in [1.165, 1.54) is 24.2 Å². The third-order valence-corrected chi connectivity index (χ3v) is 6.73. The summed E-state index contributed by atoms with van der Waals surface area (Å²) in [6.07, 6.45) is 0.722. The van der Waals surface area contributed by atoms with Crippen molar-refractivity contribution in [2.75, 3.05) is 25.1 Å². The van der Waals surface area contributed by atoms with Gasteiger partial charge in [0.05, 0.1) is 5.69 Å². The summed E-state index contributed by atoms with van der Waals surface area (Å²) in [5.41, 5.74) is 4.26. The molecule has 34 heavy (non-hydrogen) atoms. The van der Waals surface area contributed by atoms with Crippen molar-refractivity contribution in [2.45, 2.75) is 45.8 Å². The van der Waals surface area contributed by atoms with Crippen LogP contribution in [-0.4, -0.2) is 52.7 Å². The fraction of sp³-hybridized carbons (Fsp3) is 0.385. The number of thioether (sulfide) groups is 1. The molecular formula is C26H31N3O4S. The zero-order valence-corrected chi connectivity index (χ0v) is 20.9. The number of aryl methyl sites for hydroxylation is 2. The predicted molar refractivity (Wildman–Crippen MR) is 137 cm³/mol. The van der Waals surface area contributed by atoms with Crippen LogP contribution < -0.4 is 5.32 Å². The van der Waals surface area contributed by atoms with E-state index >= 15 is 0 Å². The molecule has 1 unspecified atom stereocenters. The second kappa shape index (κ2) is 11.9. The van der Waals surface area contributed by atoms with E-state index in [4.69, 9.17) is 9.73 Å². The van der Waals surface area contributed by atoms with Gasteiger partial charge in [-0.15, -0.1) is 0 Å². The smallest absolute Gasteiger partial charge is 0.242 e. The number of hydrogen-bond acceptors (Lipinski definition) is 6. The molecule has 2 amide bonds. The lowest BCUT2D eigenvalue weighted by molar-refractivity contribution is -0.128. The second-order valence-corrected chi connectivity index (χ2v) is 9.37. The molecule has 1 fully saturated rings. The zero-order valence-electron chi connectivity index (χ0n) is 20.1. The Balaban J connectivity index is 1.72. The second-order valence-electron chi connectivity index (χ2n) is 8.20. The molecule has 8 heteroatoms. The van der Waals surface area contributed by atoms with Crippen LogP contribution in [0.25, 0.3) is 0 Å². The van der Waals surface area contributed by atoms with Gasteiger partial charge in [0.15, 0.2) is 11.0 Å². The topological polar surface area (TPSA) is 88.1 Å². The molecule has 1 N–H and O–H groups in total. The van der Waals surface area contributed by atoms with Gasteiger partial charge < -0.3 is 10.1 Å². The van der Waals surface area contributed by atoms with E-state index in [0.29, 0.717) is 42.6 Å². The molecule has 1 saturated heterocycles. The van der Waals surface area contributed by atoms with Crippen molar-refractivity contribution >= 4 is 45.9 Å². The Morgan fingerprint density at radius 2 is 1.85 bits per heavy atom. The van der Waals surface area contributed by atoms with Gasteiger partial charge in [-0.1, -0.05) is 17.8 Å². The summed E-state index contributed by atoms with van der Waals surface area (Å²) in [5, 5.41) is 2.87. The number of amides is 2. The first-order valence-electron chi connectivity index (χ1n) is 11.4. The monoisotopic (exact) mass is 481 g/mol. The fourth-order valence-corrected chi connectivity index (χ4v) is 4.66. The molecule has 0 aliphatic carbocycles. The molecule has 180 valence electrons. The number of benzene rings is 2. The van der Waals surface area contributed by atoms with Crippen LogP contribution >= 0.6 is 11.8 Å². The van der Waals surface area contributed by atoms with Crippen molar-refractivity contribution in [1.82, 2.24) is 4.90 Å². The number of aliphatic imine (C=N–C) groups is 1. The van der Waals surface area contributed by atoms with Crippen molar-refractivity contribution in [2.24, 2.45) is 4.99 Å². The normalized spacial score (nSPS) is 16.8. The molecule has 0 saturated carbocycles. The summed E-state index contributed by atoms with van der Waals surface area (Å²) in [6, 6.07) is 12.7. The number of hydrogen-bond donors (Lipinski definition) is 1. The molecule has 3 rings (SSSR count). The third-order valence-electron chi connectivity index (χ3n) is 5.56. The number of carbonyl (C=O) groups excluding carboxylic acids is 3. The minimum atomic E-state index is -0.547. The Morgan fingerprint density at radius 1 is 1.12 bits per heavy atom. The maximum absolute atomic E-state index is 13.2. The molecule has 0 aromatic heterocycles. The Morgan fingerprint density at radius 3 is 2.50 bits per heavy atom. The van der Waals surface area contributed by atoms with Crippen LogP contribution in [0.4, 0.5) is 11.4 Å². The lowest BCUT2D eigenvalue weighted by atomic mass is 10.1. The number of ether oxygens (including phenoxy) is 1. The van der Waals surface area contributed by atoms with Crippen LogP contribution in [0.2, 0.25) is 0 Å². The summed E-state index contributed by atoms with van der Waals surface area (Å²) in [6.45, 7) is 9.18. The highest BCUT2D eigenvalue weighted by Crippen LogP contribution is 2.32. The Labute approximate surface area is 205 Å². The highest BCUT2D eigenvalue weighted by atomic mass is 32.2. The van der Waals surface area contributed by atoms with Crippen molar-refractivity contribution in [3.8, 4) is 0 Å². The standard InChI is InChI=1S/C26H31N3O4S/c1-5-33-14-6-13-29-25(32)23(34-26(29)28-22-10-7-17(2)18(3)15-22)16-24(31)27-21-11-8-20(9-12-21)19(4)30/h7-12,15,23H,5-6,13-14,16H2,1-4H3,(H,27,31). The molecule has 1 atom stereocenters. The van der Waals surface area contributed by atoms with Crippen molar-refractivity contribution in [1.29, 1.82) is 0 Å². The maximum atomic E-state index is 13.2. The van der Waals surface area contributed by atoms with Crippen LogP contribution in [0.15, 0.2) is 47.5 Å². The van der Waals surface area contributed by atoms with Gasteiger partial charge in [0, 0.05) is 37.4 Å². The average Bonchev–Trinajstić information content (AvgIpc) is 3.08. The van der Waals surface area contributed by atoms with Crippen LogP contribution in [0.5, 0.6) is 0 Å². The SMILES string of the molecule is CCOCCCN1C(=O)C(CC(=O)Nc2ccc(C(C)=O)cc2)SC1=Nc1ccc(C)c(C)c1. The van der Waals surface area contributed by atoms with Crippen molar-refractivity contribution in [3.63, 3.8) is 0 Å². The van der Waals surface area contributed by atoms with Crippen molar-refractivity contribution < 1.29 is 19.1 Å². The van der Waals surface area contributed by atoms with Gasteiger partial charge in [-0.3, -0.25) is 19.3 Å². The van der Waals surface area contributed by atoms with Gasteiger partial charge in [0.2, 0.25) is 11.8 Å². The van der Waals surface area contributed by atoms with Crippen LogP contribution in [0.3, 0.4) is 0 Å². The highest BCUT2D eigenvalue weighted by molar-refractivity contribution is 8.15. The summed E-state index contributed by atoms with van der Waals surface area (Å²) < 4.78 is 5.42. The van der Waals surface area contributed by atoms with Crippen molar-refractivity contribution in [3.05, 3.63) is 59.2 Å². The lowest BCUT2D eigenvalue weighted by Gasteiger charge is -2.16. The molecule has 2 aromatic rings. The summed E-state index contributed by atoms with van der Waals surface area (Å²) >= 11 is 1.32. The van der Waals surface area contributed by atoms with Gasteiger partial charge in [0.1, 0.15) is 5.25 Å².